The van der Waals surface area contributed by atoms with Gasteiger partial charge in [-0.3, -0.25) is 9.59 Å². The highest BCUT2D eigenvalue weighted by Gasteiger charge is 2.28. The van der Waals surface area contributed by atoms with Crippen LogP contribution >= 0.6 is 15.9 Å². The second kappa shape index (κ2) is 5.93. The molecule has 0 unspecified atom stereocenters. The number of anilines is 1. The minimum absolute atomic E-state index is 0.0518. The van der Waals surface area contributed by atoms with Gasteiger partial charge >= 0.3 is 0 Å². The third kappa shape index (κ3) is 2.64. The maximum absolute atomic E-state index is 12.8. The first-order valence-corrected chi connectivity index (χ1v) is 7.68. The molecule has 112 valence electrons. The van der Waals surface area contributed by atoms with Gasteiger partial charge in [0.25, 0.3) is 5.91 Å². The van der Waals surface area contributed by atoms with Gasteiger partial charge < -0.3 is 9.64 Å². The number of amides is 1. The molecule has 0 radical (unpaired) electrons. The van der Waals surface area contributed by atoms with E-state index in [1.54, 1.807) is 42.3 Å². The molecule has 4 nitrogen and oxygen atoms in total. The standard InChI is InChI=1S/C17H14BrNO3/c1-22-13-5-6-14-15(10-13)19(8-7-16(14)20)17(21)11-3-2-4-12(18)9-11/h2-6,9-10H,7-8H2,1H3. The van der Waals surface area contributed by atoms with Gasteiger partial charge in [-0.05, 0) is 30.3 Å². The highest BCUT2D eigenvalue weighted by Crippen LogP contribution is 2.32. The van der Waals surface area contributed by atoms with Crippen LogP contribution < -0.4 is 9.64 Å². The van der Waals surface area contributed by atoms with E-state index < -0.39 is 0 Å². The smallest absolute Gasteiger partial charge is 0.258 e. The van der Waals surface area contributed by atoms with Crippen molar-refractivity contribution in [3.63, 3.8) is 0 Å². The third-order valence-electron chi connectivity index (χ3n) is 3.68. The van der Waals surface area contributed by atoms with Gasteiger partial charge in [0.15, 0.2) is 5.78 Å². The number of hydrogen-bond acceptors (Lipinski definition) is 3. The number of fused-ring (bicyclic) bond motifs is 1. The lowest BCUT2D eigenvalue weighted by Gasteiger charge is -2.29. The molecule has 0 spiro atoms. The number of rotatable bonds is 2. The number of benzene rings is 2. The van der Waals surface area contributed by atoms with Crippen molar-refractivity contribution in [2.24, 2.45) is 0 Å². The van der Waals surface area contributed by atoms with Gasteiger partial charge in [-0.25, -0.2) is 0 Å². The number of ketones is 1. The van der Waals surface area contributed by atoms with Crippen molar-refractivity contribution in [3.05, 3.63) is 58.1 Å². The Kier molecular flexibility index (Phi) is 3.98. The lowest BCUT2D eigenvalue weighted by molar-refractivity contribution is 0.0955. The number of methoxy groups -OCH3 is 1. The molecule has 1 aliphatic heterocycles. The topological polar surface area (TPSA) is 46.6 Å². The van der Waals surface area contributed by atoms with Gasteiger partial charge in [-0.1, -0.05) is 22.0 Å². The Hall–Kier alpha value is -2.14. The number of carbonyl (C=O) groups is 2. The Morgan fingerprint density at radius 2 is 2.05 bits per heavy atom. The Labute approximate surface area is 136 Å². The van der Waals surface area contributed by atoms with Crippen LogP contribution in [0.3, 0.4) is 0 Å². The fraction of sp³-hybridized carbons (Fsp3) is 0.176. The molecule has 0 saturated carbocycles. The van der Waals surface area contributed by atoms with Crippen molar-refractivity contribution in [2.45, 2.75) is 6.42 Å². The molecule has 2 aromatic carbocycles. The van der Waals surface area contributed by atoms with Gasteiger partial charge in [0.1, 0.15) is 5.75 Å². The molecule has 0 aromatic heterocycles. The summed E-state index contributed by atoms with van der Waals surface area (Å²) in [5.41, 5.74) is 1.76. The fourth-order valence-corrected chi connectivity index (χ4v) is 2.95. The van der Waals surface area contributed by atoms with Crippen LogP contribution in [0.25, 0.3) is 0 Å². The van der Waals surface area contributed by atoms with E-state index in [-0.39, 0.29) is 11.7 Å². The summed E-state index contributed by atoms with van der Waals surface area (Å²) in [5.74, 6) is 0.555. The van der Waals surface area contributed by atoms with E-state index in [2.05, 4.69) is 15.9 Å². The summed E-state index contributed by atoms with van der Waals surface area (Å²) in [6, 6.07) is 12.4. The molecule has 0 N–H and O–H groups in total. The molecule has 3 rings (SSSR count). The van der Waals surface area contributed by atoms with Gasteiger partial charge in [-0.15, -0.1) is 0 Å². The van der Waals surface area contributed by atoms with E-state index in [1.165, 1.54) is 0 Å². The van der Waals surface area contributed by atoms with Crippen molar-refractivity contribution >= 4 is 33.3 Å². The van der Waals surface area contributed by atoms with Crippen molar-refractivity contribution < 1.29 is 14.3 Å². The molecule has 0 bridgehead atoms. The minimum atomic E-state index is -0.122. The summed E-state index contributed by atoms with van der Waals surface area (Å²) in [7, 11) is 1.56. The van der Waals surface area contributed by atoms with E-state index in [0.717, 1.165) is 4.47 Å². The number of hydrogen-bond donors (Lipinski definition) is 0. The summed E-state index contributed by atoms with van der Waals surface area (Å²) in [4.78, 5) is 26.5. The maximum atomic E-state index is 12.8. The average molecular weight is 360 g/mol. The van der Waals surface area contributed by atoms with Crippen LogP contribution in [0.15, 0.2) is 46.9 Å². The Bertz CT molecular complexity index is 757. The Balaban J connectivity index is 2.04. The zero-order valence-corrected chi connectivity index (χ0v) is 13.6. The first kappa shape index (κ1) is 14.8. The minimum Gasteiger partial charge on any atom is -0.497 e. The molecule has 2 aromatic rings. The number of Topliss-reactive ketones (excluding diaryl/α,β-unsaturated/α-hetero) is 1. The van der Waals surface area contributed by atoms with Crippen molar-refractivity contribution in [2.75, 3.05) is 18.6 Å². The Morgan fingerprint density at radius 1 is 1.23 bits per heavy atom. The zero-order chi connectivity index (χ0) is 15.7. The monoisotopic (exact) mass is 359 g/mol. The molecule has 1 aliphatic rings. The molecule has 0 fully saturated rings. The van der Waals surface area contributed by atoms with E-state index in [0.29, 0.717) is 35.5 Å². The summed E-state index contributed by atoms with van der Waals surface area (Å²) in [6.45, 7) is 0.379. The van der Waals surface area contributed by atoms with Crippen LogP contribution in [0.1, 0.15) is 27.1 Å². The number of ether oxygens (including phenoxy) is 1. The van der Waals surface area contributed by atoms with Crippen LogP contribution in [-0.2, 0) is 0 Å². The molecule has 1 heterocycles. The number of carbonyl (C=O) groups excluding carboxylic acids is 2. The first-order chi connectivity index (χ1) is 10.6. The van der Waals surface area contributed by atoms with E-state index in [4.69, 9.17) is 4.74 Å². The average Bonchev–Trinajstić information content (AvgIpc) is 2.54. The molecular weight excluding hydrogens is 346 g/mol. The zero-order valence-electron chi connectivity index (χ0n) is 12.0. The molecular formula is C17H14BrNO3. The largest absolute Gasteiger partial charge is 0.497 e. The van der Waals surface area contributed by atoms with Gasteiger partial charge in [-0.2, -0.15) is 0 Å². The predicted octanol–water partition coefficient (Wildman–Crippen LogP) is 3.69. The fourth-order valence-electron chi connectivity index (χ4n) is 2.55. The first-order valence-electron chi connectivity index (χ1n) is 6.89. The third-order valence-corrected chi connectivity index (χ3v) is 4.17. The van der Waals surface area contributed by atoms with Crippen LogP contribution in [0, 0.1) is 0 Å². The van der Waals surface area contributed by atoms with Crippen LogP contribution in [-0.4, -0.2) is 25.3 Å². The second-order valence-corrected chi connectivity index (χ2v) is 5.94. The maximum Gasteiger partial charge on any atom is 0.258 e. The Morgan fingerprint density at radius 3 is 2.77 bits per heavy atom. The molecule has 0 atom stereocenters. The van der Waals surface area contributed by atoms with Gasteiger partial charge in [0.05, 0.1) is 12.8 Å². The lowest BCUT2D eigenvalue weighted by atomic mass is 9.99. The summed E-state index contributed by atoms with van der Waals surface area (Å²) < 4.78 is 6.06. The van der Waals surface area contributed by atoms with Crippen molar-refractivity contribution in [3.8, 4) is 5.75 Å². The predicted molar refractivity (Wildman–Crippen MR) is 87.8 cm³/mol. The quantitative estimate of drug-likeness (QED) is 0.821. The highest BCUT2D eigenvalue weighted by molar-refractivity contribution is 9.10. The lowest BCUT2D eigenvalue weighted by Crippen LogP contribution is -2.37. The number of halogens is 1. The molecule has 22 heavy (non-hydrogen) atoms. The molecule has 0 aliphatic carbocycles. The molecule has 5 heteroatoms. The SMILES string of the molecule is COc1ccc2c(c1)N(C(=O)c1cccc(Br)c1)CCC2=O. The summed E-state index contributed by atoms with van der Waals surface area (Å²) in [6.07, 6.45) is 0.332. The van der Waals surface area contributed by atoms with Crippen LogP contribution in [0.2, 0.25) is 0 Å². The van der Waals surface area contributed by atoms with E-state index in [9.17, 15) is 9.59 Å². The second-order valence-electron chi connectivity index (χ2n) is 5.02. The van der Waals surface area contributed by atoms with E-state index in [1.807, 2.05) is 12.1 Å². The van der Waals surface area contributed by atoms with Crippen molar-refractivity contribution in [1.29, 1.82) is 0 Å². The normalized spacial score (nSPS) is 13.7. The van der Waals surface area contributed by atoms with E-state index >= 15 is 0 Å². The molecule has 0 saturated heterocycles. The number of nitrogens with zero attached hydrogens (tertiary/aromatic N) is 1. The molecule has 1 amide bonds. The van der Waals surface area contributed by atoms with Crippen LogP contribution in [0.5, 0.6) is 5.75 Å². The van der Waals surface area contributed by atoms with Crippen molar-refractivity contribution in [1.82, 2.24) is 0 Å². The van der Waals surface area contributed by atoms with Gasteiger partial charge in [0, 0.05) is 34.6 Å². The van der Waals surface area contributed by atoms with Crippen LogP contribution in [0.4, 0.5) is 5.69 Å². The summed E-state index contributed by atoms with van der Waals surface area (Å²) in [5, 5.41) is 0. The summed E-state index contributed by atoms with van der Waals surface area (Å²) >= 11 is 3.37. The highest BCUT2D eigenvalue weighted by atomic mass is 79.9. The van der Waals surface area contributed by atoms with Gasteiger partial charge in [0.2, 0.25) is 0 Å².